The van der Waals surface area contributed by atoms with Gasteiger partial charge >= 0.3 is 6.09 Å². The summed E-state index contributed by atoms with van der Waals surface area (Å²) in [5.74, 6) is 0.291. The second-order valence-corrected chi connectivity index (χ2v) is 8.67. The largest absolute Gasteiger partial charge is 0.444 e. The number of hydrogen-bond donors (Lipinski definition) is 1. The Morgan fingerprint density at radius 3 is 2.69 bits per heavy atom. The van der Waals surface area contributed by atoms with Gasteiger partial charge in [0.1, 0.15) is 23.5 Å². The normalized spacial score (nSPS) is 24.3. The van der Waals surface area contributed by atoms with Crippen molar-refractivity contribution in [1.29, 1.82) is 5.26 Å². The Hall–Kier alpha value is -2.60. The van der Waals surface area contributed by atoms with Gasteiger partial charge < -0.3 is 15.0 Å². The van der Waals surface area contributed by atoms with Crippen LogP contribution in [0.4, 0.5) is 10.6 Å². The van der Waals surface area contributed by atoms with Crippen molar-refractivity contribution >= 4 is 29.4 Å². The van der Waals surface area contributed by atoms with Gasteiger partial charge in [-0.05, 0) is 52.2 Å². The number of rotatable bonds is 3. The van der Waals surface area contributed by atoms with Gasteiger partial charge in [0.25, 0.3) is 0 Å². The summed E-state index contributed by atoms with van der Waals surface area (Å²) < 4.78 is 5.51. The predicted molar refractivity (Wildman–Crippen MR) is 106 cm³/mol. The third kappa shape index (κ3) is 5.07. The second kappa shape index (κ2) is 8.41. The molecule has 1 N–H and O–H groups in total. The maximum absolute atomic E-state index is 13.2. The number of nitrogens with zero attached hydrogens (tertiary/aromatic N) is 5. The molecular weight excluding hydrogens is 396 g/mol. The summed E-state index contributed by atoms with van der Waals surface area (Å²) in [6, 6.07) is 4.13. The average molecular weight is 421 g/mol. The number of nitrogens with one attached hydrogen (secondary N) is 1. The summed E-state index contributed by atoms with van der Waals surface area (Å²) in [5.41, 5.74) is -0.680. The second-order valence-electron chi connectivity index (χ2n) is 8.29. The van der Waals surface area contributed by atoms with E-state index in [1.807, 2.05) is 0 Å². The molecule has 2 aliphatic heterocycles. The number of halogens is 1. The summed E-state index contributed by atoms with van der Waals surface area (Å²) in [7, 11) is 0. The molecule has 1 aromatic heterocycles. The highest BCUT2D eigenvalue weighted by Crippen LogP contribution is 2.28. The van der Waals surface area contributed by atoms with Crippen LogP contribution in [0.25, 0.3) is 0 Å². The van der Waals surface area contributed by atoms with Crippen molar-refractivity contribution in [2.45, 2.75) is 63.8 Å². The van der Waals surface area contributed by atoms with E-state index in [9.17, 15) is 14.9 Å². The zero-order valence-corrected chi connectivity index (χ0v) is 17.5. The standard InChI is InChI=1S/C19H25ClN6O3/c1-19(2,3)29-18(28)26-11-12(22-16-7-6-15(20)23-24-16)9-14(26)17(27)25-8-4-5-13(25)10-21/h6-7,12-14H,4-5,8-9,11H2,1-3H3,(H,22,24)/t12-,13-,14-/m0/s1. The van der Waals surface area contributed by atoms with Crippen LogP contribution in [0.15, 0.2) is 12.1 Å². The van der Waals surface area contributed by atoms with Crippen LogP contribution in [0.2, 0.25) is 5.15 Å². The van der Waals surface area contributed by atoms with E-state index in [0.29, 0.717) is 25.2 Å². The Kier molecular flexibility index (Phi) is 6.13. The topological polar surface area (TPSA) is 111 Å². The smallest absolute Gasteiger partial charge is 0.411 e. The molecule has 3 heterocycles. The van der Waals surface area contributed by atoms with E-state index < -0.39 is 23.8 Å². The molecule has 1 aromatic rings. The van der Waals surface area contributed by atoms with Crippen molar-refractivity contribution in [3.05, 3.63) is 17.3 Å². The molecule has 0 aliphatic carbocycles. The lowest BCUT2D eigenvalue weighted by atomic mass is 10.1. The number of anilines is 1. The summed E-state index contributed by atoms with van der Waals surface area (Å²) in [5, 5.41) is 20.6. The van der Waals surface area contributed by atoms with Gasteiger partial charge in [-0.1, -0.05) is 11.6 Å². The maximum atomic E-state index is 13.2. The summed E-state index contributed by atoms with van der Waals surface area (Å²) in [4.78, 5) is 29.0. The number of amides is 2. The highest BCUT2D eigenvalue weighted by Gasteiger charge is 2.45. The van der Waals surface area contributed by atoms with Crippen molar-refractivity contribution in [3.8, 4) is 6.07 Å². The SMILES string of the molecule is CC(C)(C)OC(=O)N1C[C@@H](Nc2ccc(Cl)nn2)C[C@H]1C(=O)N1CCC[C@H]1C#N. The Labute approximate surface area is 175 Å². The van der Waals surface area contributed by atoms with Gasteiger partial charge in [0, 0.05) is 19.1 Å². The van der Waals surface area contributed by atoms with Crippen molar-refractivity contribution in [2.24, 2.45) is 0 Å². The van der Waals surface area contributed by atoms with E-state index in [0.717, 1.165) is 6.42 Å². The number of aromatic nitrogens is 2. The molecule has 0 saturated carbocycles. The third-order valence-electron chi connectivity index (χ3n) is 4.88. The third-order valence-corrected chi connectivity index (χ3v) is 5.08. The monoisotopic (exact) mass is 420 g/mol. The van der Waals surface area contributed by atoms with Gasteiger partial charge in [-0.3, -0.25) is 9.69 Å². The van der Waals surface area contributed by atoms with Crippen molar-refractivity contribution < 1.29 is 14.3 Å². The molecule has 10 heteroatoms. The van der Waals surface area contributed by atoms with Crippen LogP contribution in [0.1, 0.15) is 40.0 Å². The number of carbonyl (C=O) groups excluding carboxylic acids is 2. The molecule has 0 aromatic carbocycles. The molecule has 2 saturated heterocycles. The van der Waals surface area contributed by atoms with Crippen molar-refractivity contribution in [3.63, 3.8) is 0 Å². The minimum absolute atomic E-state index is 0.213. The minimum Gasteiger partial charge on any atom is -0.444 e. The zero-order chi connectivity index (χ0) is 21.2. The lowest BCUT2D eigenvalue weighted by Gasteiger charge is -2.30. The summed E-state index contributed by atoms with van der Waals surface area (Å²) >= 11 is 5.77. The molecule has 0 bridgehead atoms. The van der Waals surface area contributed by atoms with E-state index in [-0.39, 0.29) is 23.6 Å². The average Bonchev–Trinajstić information content (AvgIpc) is 3.28. The van der Waals surface area contributed by atoms with Crippen molar-refractivity contribution in [1.82, 2.24) is 20.0 Å². The van der Waals surface area contributed by atoms with E-state index in [4.69, 9.17) is 16.3 Å². The summed E-state index contributed by atoms with van der Waals surface area (Å²) in [6.45, 7) is 6.15. The number of carbonyl (C=O) groups is 2. The molecule has 2 fully saturated rings. The zero-order valence-electron chi connectivity index (χ0n) is 16.8. The van der Waals surface area contributed by atoms with Gasteiger partial charge in [0.15, 0.2) is 5.15 Å². The van der Waals surface area contributed by atoms with Crippen LogP contribution >= 0.6 is 11.6 Å². The van der Waals surface area contributed by atoms with Crippen LogP contribution < -0.4 is 5.32 Å². The first-order chi connectivity index (χ1) is 13.7. The highest BCUT2D eigenvalue weighted by molar-refractivity contribution is 6.29. The van der Waals surface area contributed by atoms with Crippen LogP contribution in [-0.2, 0) is 9.53 Å². The number of likely N-dealkylation sites (tertiary alicyclic amines) is 2. The fourth-order valence-corrected chi connectivity index (χ4v) is 3.76. The number of hydrogen-bond acceptors (Lipinski definition) is 7. The molecule has 9 nitrogen and oxygen atoms in total. The van der Waals surface area contributed by atoms with Crippen LogP contribution in [0.3, 0.4) is 0 Å². The molecule has 29 heavy (non-hydrogen) atoms. The Morgan fingerprint density at radius 1 is 1.31 bits per heavy atom. The number of ether oxygens (including phenoxy) is 1. The first-order valence-corrected chi connectivity index (χ1v) is 10.0. The van der Waals surface area contributed by atoms with Gasteiger partial charge in [-0.25, -0.2) is 4.79 Å². The number of nitriles is 1. The van der Waals surface area contributed by atoms with Gasteiger partial charge in [0.05, 0.1) is 6.07 Å². The molecule has 2 amide bonds. The Balaban J connectivity index is 1.78. The highest BCUT2D eigenvalue weighted by atomic mass is 35.5. The maximum Gasteiger partial charge on any atom is 0.411 e. The Bertz CT molecular complexity index is 804. The van der Waals surface area contributed by atoms with Crippen LogP contribution in [-0.4, -0.2) is 68.8 Å². The molecule has 3 rings (SSSR count). The lowest BCUT2D eigenvalue weighted by molar-refractivity contribution is -0.135. The Morgan fingerprint density at radius 2 is 2.07 bits per heavy atom. The van der Waals surface area contributed by atoms with Gasteiger partial charge in [-0.15, -0.1) is 10.2 Å². The van der Waals surface area contributed by atoms with Gasteiger partial charge in [0.2, 0.25) is 5.91 Å². The molecule has 156 valence electrons. The molecule has 0 radical (unpaired) electrons. The first-order valence-electron chi connectivity index (χ1n) is 9.63. The van der Waals surface area contributed by atoms with E-state index >= 15 is 0 Å². The molecule has 3 atom stereocenters. The van der Waals surface area contributed by atoms with Crippen LogP contribution in [0.5, 0.6) is 0 Å². The van der Waals surface area contributed by atoms with E-state index in [1.54, 1.807) is 37.8 Å². The molecule has 0 unspecified atom stereocenters. The van der Waals surface area contributed by atoms with E-state index in [2.05, 4.69) is 21.6 Å². The molecule has 2 aliphatic rings. The van der Waals surface area contributed by atoms with Gasteiger partial charge in [-0.2, -0.15) is 5.26 Å². The van der Waals surface area contributed by atoms with E-state index in [1.165, 1.54) is 4.90 Å². The first kappa shape index (κ1) is 21.1. The van der Waals surface area contributed by atoms with Crippen molar-refractivity contribution in [2.75, 3.05) is 18.4 Å². The summed E-state index contributed by atoms with van der Waals surface area (Å²) in [6.07, 6.45) is 1.28. The van der Waals surface area contributed by atoms with Crippen LogP contribution in [0, 0.1) is 11.3 Å². The minimum atomic E-state index is -0.698. The predicted octanol–water partition coefficient (Wildman–Crippen LogP) is 2.43. The molecular formula is C19H25ClN6O3. The molecule has 0 spiro atoms. The quantitative estimate of drug-likeness (QED) is 0.799. The fourth-order valence-electron chi connectivity index (χ4n) is 3.66. The lowest BCUT2D eigenvalue weighted by Crippen LogP contribution is -2.50. The fraction of sp³-hybridized carbons (Fsp3) is 0.632.